The molecule has 88 valence electrons. The van der Waals surface area contributed by atoms with Crippen molar-refractivity contribution in [2.75, 3.05) is 13.2 Å². The number of nitrogens with one attached hydrogen (secondary N) is 1. The average Bonchev–Trinajstić information content (AvgIpc) is 3.18. The van der Waals surface area contributed by atoms with Gasteiger partial charge >= 0.3 is 0 Å². The highest BCUT2D eigenvalue weighted by molar-refractivity contribution is 5.94. The van der Waals surface area contributed by atoms with Crippen LogP contribution in [0.2, 0.25) is 0 Å². The lowest BCUT2D eigenvalue weighted by molar-refractivity contribution is 0.0958. The Hall–Kier alpha value is -2.02. The number of amides is 1. The summed E-state index contributed by atoms with van der Waals surface area (Å²) < 4.78 is 5.49. The zero-order chi connectivity index (χ0) is 12.1. The van der Waals surface area contributed by atoms with Crippen LogP contribution in [0.25, 0.3) is 0 Å². The Morgan fingerprint density at radius 1 is 1.65 bits per heavy atom. The van der Waals surface area contributed by atoms with Crippen LogP contribution < -0.4 is 10.1 Å². The Bertz CT molecular complexity index is 447. The summed E-state index contributed by atoms with van der Waals surface area (Å²) in [4.78, 5) is 15.7. The lowest BCUT2D eigenvalue weighted by Crippen LogP contribution is -2.23. The summed E-state index contributed by atoms with van der Waals surface area (Å²) in [6, 6.07) is 3.27. The highest BCUT2D eigenvalue weighted by Gasteiger charge is 2.22. The van der Waals surface area contributed by atoms with E-state index in [1.165, 1.54) is 12.8 Å². The number of hydrogen-bond acceptors (Lipinski definition) is 3. The number of rotatable bonds is 5. The van der Waals surface area contributed by atoms with Crippen LogP contribution in [0.15, 0.2) is 18.3 Å². The lowest BCUT2D eigenvalue weighted by Gasteiger charge is -2.06. The number of ether oxygens (including phenoxy) is 1. The first-order chi connectivity index (χ1) is 8.29. The molecule has 1 aliphatic carbocycles. The van der Waals surface area contributed by atoms with Gasteiger partial charge in [-0.05, 0) is 24.8 Å². The van der Waals surface area contributed by atoms with Gasteiger partial charge in [-0.2, -0.15) is 0 Å². The largest absolute Gasteiger partial charge is 0.477 e. The Kier molecular flexibility index (Phi) is 3.61. The van der Waals surface area contributed by atoms with Crippen LogP contribution in [0.4, 0.5) is 0 Å². The minimum atomic E-state index is -0.207. The van der Waals surface area contributed by atoms with Crippen molar-refractivity contribution in [3.63, 3.8) is 0 Å². The van der Waals surface area contributed by atoms with E-state index in [2.05, 4.69) is 16.2 Å². The first kappa shape index (κ1) is 11.5. The molecule has 1 aromatic heterocycles. The van der Waals surface area contributed by atoms with E-state index in [-0.39, 0.29) is 12.5 Å². The first-order valence-corrected chi connectivity index (χ1v) is 5.60. The molecule has 4 heteroatoms. The van der Waals surface area contributed by atoms with Crippen LogP contribution in [0, 0.1) is 18.3 Å². The van der Waals surface area contributed by atoms with Gasteiger partial charge in [-0.25, -0.2) is 4.98 Å². The second kappa shape index (κ2) is 5.35. The molecule has 0 atom stereocenters. The normalized spacial score (nSPS) is 13.8. The molecule has 0 bridgehead atoms. The summed E-state index contributed by atoms with van der Waals surface area (Å²) in [6.45, 7) is 0.905. The van der Waals surface area contributed by atoms with Crippen LogP contribution in [0.3, 0.4) is 0 Å². The van der Waals surface area contributed by atoms with E-state index in [4.69, 9.17) is 11.2 Å². The van der Waals surface area contributed by atoms with Crippen molar-refractivity contribution in [1.82, 2.24) is 10.3 Å². The SMILES string of the molecule is C#CCNC(=O)c1ccnc(OCC2CC2)c1. The number of aromatic nitrogens is 1. The van der Waals surface area contributed by atoms with Gasteiger partial charge in [-0.1, -0.05) is 5.92 Å². The molecule has 0 unspecified atom stereocenters. The van der Waals surface area contributed by atoms with Crippen molar-refractivity contribution in [3.8, 4) is 18.2 Å². The Morgan fingerprint density at radius 3 is 3.18 bits per heavy atom. The van der Waals surface area contributed by atoms with Crippen LogP contribution in [-0.2, 0) is 0 Å². The van der Waals surface area contributed by atoms with Crippen LogP contribution in [-0.4, -0.2) is 24.0 Å². The molecule has 17 heavy (non-hydrogen) atoms. The quantitative estimate of drug-likeness (QED) is 0.774. The zero-order valence-corrected chi connectivity index (χ0v) is 9.48. The number of terminal acetylenes is 1. The Labute approximate surface area is 100 Å². The van der Waals surface area contributed by atoms with Crippen molar-refractivity contribution >= 4 is 5.91 Å². The van der Waals surface area contributed by atoms with Gasteiger partial charge in [0.1, 0.15) is 0 Å². The second-order valence-electron chi connectivity index (χ2n) is 4.02. The molecule has 0 aliphatic heterocycles. The molecular weight excluding hydrogens is 216 g/mol. The third-order valence-corrected chi connectivity index (χ3v) is 2.51. The van der Waals surface area contributed by atoms with Crippen molar-refractivity contribution in [3.05, 3.63) is 23.9 Å². The van der Waals surface area contributed by atoms with Gasteiger partial charge in [0.25, 0.3) is 5.91 Å². The van der Waals surface area contributed by atoms with Gasteiger partial charge < -0.3 is 10.1 Å². The molecule has 1 heterocycles. The monoisotopic (exact) mass is 230 g/mol. The van der Waals surface area contributed by atoms with Crippen LogP contribution >= 0.6 is 0 Å². The minimum absolute atomic E-state index is 0.207. The lowest BCUT2D eigenvalue weighted by atomic mass is 10.2. The maximum Gasteiger partial charge on any atom is 0.252 e. The second-order valence-corrected chi connectivity index (χ2v) is 4.02. The predicted octanol–water partition coefficient (Wildman–Crippen LogP) is 1.23. The maximum absolute atomic E-state index is 11.6. The number of carbonyl (C=O) groups excluding carboxylic acids is 1. The predicted molar refractivity (Wildman–Crippen MR) is 63.6 cm³/mol. The summed E-state index contributed by atoms with van der Waals surface area (Å²) >= 11 is 0. The molecule has 1 aliphatic rings. The van der Waals surface area contributed by atoms with Crippen molar-refractivity contribution in [1.29, 1.82) is 0 Å². The summed E-state index contributed by atoms with van der Waals surface area (Å²) in [5, 5.41) is 2.59. The fourth-order valence-corrected chi connectivity index (χ4v) is 1.35. The molecule has 0 saturated heterocycles. The first-order valence-electron chi connectivity index (χ1n) is 5.60. The minimum Gasteiger partial charge on any atom is -0.477 e. The zero-order valence-electron chi connectivity index (χ0n) is 9.48. The molecule has 1 amide bonds. The Morgan fingerprint density at radius 2 is 2.47 bits per heavy atom. The van der Waals surface area contributed by atoms with Gasteiger partial charge in [0.15, 0.2) is 0 Å². The van der Waals surface area contributed by atoms with Crippen molar-refractivity contribution in [2.24, 2.45) is 5.92 Å². The maximum atomic E-state index is 11.6. The summed E-state index contributed by atoms with van der Waals surface area (Å²) in [7, 11) is 0. The van der Waals surface area contributed by atoms with E-state index in [1.807, 2.05) is 0 Å². The van der Waals surface area contributed by atoms with Crippen molar-refractivity contribution < 1.29 is 9.53 Å². The molecule has 2 rings (SSSR count). The molecule has 4 nitrogen and oxygen atoms in total. The number of carbonyl (C=O) groups is 1. The van der Waals surface area contributed by atoms with E-state index >= 15 is 0 Å². The molecule has 1 N–H and O–H groups in total. The summed E-state index contributed by atoms with van der Waals surface area (Å²) in [5.74, 6) is 3.30. The highest BCUT2D eigenvalue weighted by atomic mass is 16.5. The van der Waals surface area contributed by atoms with E-state index in [0.29, 0.717) is 24.0 Å². The molecule has 1 fully saturated rings. The van der Waals surface area contributed by atoms with E-state index < -0.39 is 0 Å². The molecule has 0 aromatic carbocycles. The van der Waals surface area contributed by atoms with Gasteiger partial charge in [0.2, 0.25) is 5.88 Å². The molecular formula is C13H14N2O2. The Balaban J connectivity index is 1.94. The van der Waals surface area contributed by atoms with Gasteiger partial charge in [0.05, 0.1) is 13.2 Å². The summed E-state index contributed by atoms with van der Waals surface area (Å²) in [6.07, 6.45) is 9.08. The molecule has 1 saturated carbocycles. The van der Waals surface area contributed by atoms with Gasteiger partial charge in [0, 0.05) is 17.8 Å². The van der Waals surface area contributed by atoms with Gasteiger partial charge in [-0.15, -0.1) is 6.42 Å². The third kappa shape index (κ3) is 3.49. The van der Waals surface area contributed by atoms with Crippen molar-refractivity contribution in [2.45, 2.75) is 12.8 Å². The summed E-state index contributed by atoms with van der Waals surface area (Å²) in [5.41, 5.74) is 0.515. The number of pyridine rings is 1. The topological polar surface area (TPSA) is 51.2 Å². The number of hydrogen-bond donors (Lipinski definition) is 1. The van der Waals surface area contributed by atoms with E-state index in [9.17, 15) is 4.79 Å². The molecule has 0 radical (unpaired) electrons. The van der Waals surface area contributed by atoms with E-state index in [1.54, 1.807) is 18.3 Å². The van der Waals surface area contributed by atoms with Gasteiger partial charge in [-0.3, -0.25) is 4.79 Å². The fourth-order valence-electron chi connectivity index (χ4n) is 1.35. The third-order valence-electron chi connectivity index (χ3n) is 2.51. The van der Waals surface area contributed by atoms with E-state index in [0.717, 1.165) is 0 Å². The molecule has 1 aromatic rings. The fraction of sp³-hybridized carbons (Fsp3) is 0.385. The highest BCUT2D eigenvalue weighted by Crippen LogP contribution is 2.29. The smallest absolute Gasteiger partial charge is 0.252 e. The van der Waals surface area contributed by atoms with Crippen LogP contribution in [0.1, 0.15) is 23.2 Å². The average molecular weight is 230 g/mol. The number of nitrogens with zero attached hydrogens (tertiary/aromatic N) is 1. The standard InChI is InChI=1S/C13H14N2O2/c1-2-6-15-13(16)11-5-7-14-12(8-11)17-9-10-3-4-10/h1,5,7-8,10H,3-4,6,9H2,(H,15,16). The van der Waals surface area contributed by atoms with Crippen LogP contribution in [0.5, 0.6) is 5.88 Å². The molecule has 0 spiro atoms.